The van der Waals surface area contributed by atoms with Crippen LogP contribution in [-0.4, -0.2) is 33.5 Å². The molecule has 0 aliphatic heterocycles. The van der Waals surface area contributed by atoms with Crippen molar-refractivity contribution in [2.24, 2.45) is 13.0 Å². The number of anilines is 1. The minimum Gasteiger partial charge on any atom is -0.337 e. The number of urea groups is 1. The molecule has 2 N–H and O–H groups in total. The van der Waals surface area contributed by atoms with Gasteiger partial charge in [0.1, 0.15) is 0 Å². The Bertz CT molecular complexity index is 673. The first-order valence-corrected chi connectivity index (χ1v) is 6.82. The van der Waals surface area contributed by atoms with Gasteiger partial charge in [0.25, 0.3) is 5.92 Å². The van der Waals surface area contributed by atoms with Crippen molar-refractivity contribution in [3.05, 3.63) is 42.1 Å². The number of carbonyl (C=O) groups excluding carboxylic acids is 1. The van der Waals surface area contributed by atoms with Crippen molar-refractivity contribution in [2.45, 2.75) is 11.8 Å². The molecular formula is C14H15F2N5O. The van der Waals surface area contributed by atoms with Gasteiger partial charge in [-0.25, -0.2) is 18.3 Å². The van der Waals surface area contributed by atoms with Gasteiger partial charge in [0.15, 0.2) is 5.82 Å². The molecule has 3 rings (SSSR count). The lowest BCUT2D eigenvalue weighted by Crippen LogP contribution is -2.32. The van der Waals surface area contributed by atoms with E-state index in [0.29, 0.717) is 11.4 Å². The second-order valence-electron chi connectivity index (χ2n) is 5.25. The van der Waals surface area contributed by atoms with Gasteiger partial charge in [-0.05, 0) is 5.56 Å². The number of nitrogens with one attached hydrogen (secondary N) is 2. The summed E-state index contributed by atoms with van der Waals surface area (Å²) >= 11 is 0. The normalized spacial score (nSPS) is 22.1. The van der Waals surface area contributed by atoms with Crippen LogP contribution in [-0.2, 0) is 7.05 Å². The zero-order chi connectivity index (χ0) is 15.7. The minimum absolute atomic E-state index is 0.0936. The van der Waals surface area contributed by atoms with Crippen LogP contribution in [0.2, 0.25) is 0 Å². The van der Waals surface area contributed by atoms with E-state index in [0.717, 1.165) is 0 Å². The molecule has 2 atom stereocenters. The second-order valence-corrected chi connectivity index (χ2v) is 5.25. The van der Waals surface area contributed by atoms with Gasteiger partial charge in [-0.15, -0.1) is 5.10 Å². The minimum atomic E-state index is -2.79. The Morgan fingerprint density at radius 1 is 1.36 bits per heavy atom. The zero-order valence-corrected chi connectivity index (χ0v) is 11.8. The first-order valence-electron chi connectivity index (χ1n) is 6.82. The molecule has 1 saturated carbocycles. The van der Waals surface area contributed by atoms with E-state index in [4.69, 9.17) is 0 Å². The number of halogens is 2. The molecule has 116 valence electrons. The summed E-state index contributed by atoms with van der Waals surface area (Å²) < 4.78 is 29.1. The molecule has 8 heteroatoms. The van der Waals surface area contributed by atoms with Crippen LogP contribution in [0.4, 0.5) is 19.4 Å². The van der Waals surface area contributed by atoms with Crippen LogP contribution in [0, 0.1) is 5.92 Å². The fraction of sp³-hybridized carbons (Fsp3) is 0.357. The summed E-state index contributed by atoms with van der Waals surface area (Å²) in [5.41, 5.74) is 0.593. The summed E-state index contributed by atoms with van der Waals surface area (Å²) in [5, 5.41) is 12.2. The highest BCUT2D eigenvalue weighted by atomic mass is 19.3. The number of benzene rings is 1. The lowest BCUT2D eigenvalue weighted by Gasteiger charge is -2.06. The summed E-state index contributed by atoms with van der Waals surface area (Å²) in [7, 11) is 1.61. The van der Waals surface area contributed by atoms with Gasteiger partial charge in [0.05, 0.1) is 18.0 Å². The molecular weight excluding hydrogens is 292 g/mol. The second kappa shape index (κ2) is 5.36. The quantitative estimate of drug-likeness (QED) is 0.907. The maximum Gasteiger partial charge on any atom is 0.320 e. The number of hydrogen-bond donors (Lipinski definition) is 2. The van der Waals surface area contributed by atoms with Crippen molar-refractivity contribution < 1.29 is 13.6 Å². The summed E-state index contributed by atoms with van der Waals surface area (Å²) in [4.78, 5) is 11.7. The van der Waals surface area contributed by atoms with E-state index < -0.39 is 23.8 Å². The molecule has 1 aliphatic carbocycles. The van der Waals surface area contributed by atoms with Gasteiger partial charge in [-0.3, -0.25) is 5.32 Å². The number of hydrogen-bond acceptors (Lipinski definition) is 3. The van der Waals surface area contributed by atoms with Gasteiger partial charge in [0.2, 0.25) is 0 Å². The highest BCUT2D eigenvalue weighted by Crippen LogP contribution is 2.61. The van der Waals surface area contributed by atoms with Crippen LogP contribution >= 0.6 is 0 Å². The maximum atomic E-state index is 13.8. The Morgan fingerprint density at radius 3 is 2.73 bits per heavy atom. The first-order chi connectivity index (χ1) is 10.5. The van der Waals surface area contributed by atoms with E-state index in [1.807, 2.05) is 0 Å². The fourth-order valence-electron chi connectivity index (χ4n) is 2.53. The largest absolute Gasteiger partial charge is 0.337 e. The molecule has 2 amide bonds. The van der Waals surface area contributed by atoms with Gasteiger partial charge in [-0.1, -0.05) is 35.5 Å². The van der Waals surface area contributed by atoms with Crippen molar-refractivity contribution in [3.8, 4) is 0 Å². The Balaban J connectivity index is 1.56. The van der Waals surface area contributed by atoms with Gasteiger partial charge in [0, 0.05) is 13.6 Å². The summed E-state index contributed by atoms with van der Waals surface area (Å²) in [6.07, 6.45) is 1.37. The molecule has 0 spiro atoms. The Hall–Kier alpha value is -2.51. The average Bonchev–Trinajstić information content (AvgIpc) is 2.80. The molecule has 6 nitrogen and oxygen atoms in total. The molecule has 2 aromatic rings. The monoisotopic (exact) mass is 307 g/mol. The van der Waals surface area contributed by atoms with Gasteiger partial charge in [-0.2, -0.15) is 0 Å². The number of amides is 2. The molecule has 1 fully saturated rings. The number of carbonyl (C=O) groups is 1. The predicted molar refractivity (Wildman–Crippen MR) is 75.6 cm³/mol. The number of aryl methyl sites for hydroxylation is 1. The first kappa shape index (κ1) is 14.4. The topological polar surface area (TPSA) is 71.8 Å². The maximum absolute atomic E-state index is 13.8. The standard InChI is InChI=1S/C14H15F2N5O/c1-21-11(8-18-20-21)19-13(22)17-7-10-12(14(10,15)16)9-5-3-2-4-6-9/h2-6,8,10,12H,7H2,1H3,(H2,17,19,22)/t10-,12-/m1/s1. The predicted octanol–water partition coefficient (Wildman–Crippen LogP) is 1.99. The molecule has 0 unspecified atom stereocenters. The van der Waals surface area contributed by atoms with Crippen LogP contribution in [0.1, 0.15) is 11.5 Å². The number of alkyl halides is 2. The fourth-order valence-corrected chi connectivity index (χ4v) is 2.53. The van der Waals surface area contributed by atoms with E-state index in [2.05, 4.69) is 20.9 Å². The Kier molecular flexibility index (Phi) is 3.51. The third-order valence-corrected chi connectivity index (χ3v) is 3.80. The smallest absolute Gasteiger partial charge is 0.320 e. The van der Waals surface area contributed by atoms with Gasteiger partial charge >= 0.3 is 6.03 Å². The molecule has 1 aromatic carbocycles. The summed E-state index contributed by atoms with van der Waals surface area (Å²) in [5.74, 6) is -4.12. The van der Waals surface area contributed by atoms with E-state index in [-0.39, 0.29) is 6.54 Å². The van der Waals surface area contributed by atoms with Gasteiger partial charge < -0.3 is 5.32 Å². The molecule has 1 heterocycles. The number of rotatable bonds is 4. The van der Waals surface area contributed by atoms with E-state index in [1.54, 1.807) is 37.4 Å². The number of aromatic nitrogens is 3. The van der Waals surface area contributed by atoms with E-state index in [1.165, 1.54) is 10.9 Å². The molecule has 0 saturated heterocycles. The van der Waals surface area contributed by atoms with Crippen molar-refractivity contribution in [1.82, 2.24) is 20.3 Å². The molecule has 0 bridgehead atoms. The SMILES string of the molecule is Cn1nncc1NC(=O)NC[C@@H]1[C@@H](c2ccccc2)C1(F)F. The van der Waals surface area contributed by atoms with E-state index >= 15 is 0 Å². The van der Waals surface area contributed by atoms with Crippen LogP contribution in [0.5, 0.6) is 0 Å². The Morgan fingerprint density at radius 2 is 2.09 bits per heavy atom. The molecule has 1 aliphatic rings. The summed E-state index contributed by atoms with van der Waals surface area (Å²) in [6.45, 7) is -0.0936. The lowest BCUT2D eigenvalue weighted by atomic mass is 10.1. The molecule has 22 heavy (non-hydrogen) atoms. The highest BCUT2D eigenvalue weighted by molar-refractivity contribution is 5.88. The zero-order valence-electron chi connectivity index (χ0n) is 11.8. The Labute approximate surface area is 125 Å². The van der Waals surface area contributed by atoms with Crippen LogP contribution in [0.15, 0.2) is 36.5 Å². The average molecular weight is 307 g/mol. The highest BCUT2D eigenvalue weighted by Gasteiger charge is 2.68. The summed E-state index contributed by atoms with van der Waals surface area (Å²) in [6, 6.07) is 8.05. The van der Waals surface area contributed by atoms with E-state index in [9.17, 15) is 13.6 Å². The molecule has 0 radical (unpaired) electrons. The van der Waals surface area contributed by atoms with Crippen molar-refractivity contribution in [3.63, 3.8) is 0 Å². The van der Waals surface area contributed by atoms with Crippen LogP contribution in [0.25, 0.3) is 0 Å². The lowest BCUT2D eigenvalue weighted by molar-refractivity contribution is 0.0936. The third kappa shape index (κ3) is 2.63. The van der Waals surface area contributed by atoms with Crippen molar-refractivity contribution >= 4 is 11.8 Å². The molecule has 1 aromatic heterocycles. The van der Waals surface area contributed by atoms with Crippen molar-refractivity contribution in [2.75, 3.05) is 11.9 Å². The number of nitrogens with zero attached hydrogens (tertiary/aromatic N) is 3. The third-order valence-electron chi connectivity index (χ3n) is 3.80. The van der Waals surface area contributed by atoms with Crippen LogP contribution in [0.3, 0.4) is 0 Å². The van der Waals surface area contributed by atoms with Crippen molar-refractivity contribution in [1.29, 1.82) is 0 Å². The van der Waals surface area contributed by atoms with Crippen LogP contribution < -0.4 is 10.6 Å².